The molecule has 2 aliphatic carbocycles. The first-order chi connectivity index (χ1) is 34.2. The predicted molar refractivity (Wildman–Crippen MR) is 264 cm³/mol. The van der Waals surface area contributed by atoms with Crippen molar-refractivity contribution in [3.8, 4) is 11.5 Å². The number of nitrogens with one attached hydrogen (secondary N) is 1. The Morgan fingerprint density at radius 3 is 2.41 bits per heavy atom. The van der Waals surface area contributed by atoms with Crippen LogP contribution in [0.1, 0.15) is 73.1 Å². The lowest BCUT2D eigenvalue weighted by Crippen LogP contribution is -2.70. The molecule has 3 aliphatic rings. The molecule has 6 atom stereocenters. The molecule has 2 amide bonds. The number of rotatable bonds is 21. The number of nitrogens with zero attached hydrogens (tertiary/aromatic N) is 3. The van der Waals surface area contributed by atoms with Crippen molar-refractivity contribution in [2.75, 3.05) is 26.9 Å². The summed E-state index contributed by atoms with van der Waals surface area (Å²) in [6, 6.07) is 34.0. The molecule has 3 N–H and O–H groups in total. The van der Waals surface area contributed by atoms with Crippen LogP contribution in [0.3, 0.4) is 0 Å². The third kappa shape index (κ3) is 10.9. The minimum atomic E-state index is -1.59. The Hall–Kier alpha value is -7.07. The molecule has 1 heterocycles. The Kier molecular flexibility index (Phi) is 16.2. The summed E-state index contributed by atoms with van der Waals surface area (Å²) >= 11 is 0. The van der Waals surface area contributed by atoms with Crippen LogP contribution >= 0.6 is 0 Å². The number of oxime groups is 1. The van der Waals surface area contributed by atoms with Crippen LogP contribution in [0.4, 0.5) is 15.3 Å². The minimum absolute atomic E-state index is 0.00154. The fourth-order valence-corrected chi connectivity index (χ4v) is 10.6. The van der Waals surface area contributed by atoms with E-state index in [0.717, 1.165) is 45.9 Å². The van der Waals surface area contributed by atoms with Crippen LogP contribution in [0.15, 0.2) is 145 Å². The molecule has 1 aliphatic heterocycles. The molecule has 366 valence electrons. The van der Waals surface area contributed by atoms with Gasteiger partial charge in [-0.2, -0.15) is 0 Å². The number of methoxy groups -OCH3 is 1. The maximum atomic E-state index is 14.6. The summed E-state index contributed by atoms with van der Waals surface area (Å²) in [6.45, 7) is 4.51. The van der Waals surface area contributed by atoms with Gasteiger partial charge in [0.05, 0.1) is 36.8 Å². The normalized spacial score (nSPS) is 21.6. The molecule has 15 heteroatoms. The van der Waals surface area contributed by atoms with E-state index >= 15 is 0 Å². The van der Waals surface area contributed by atoms with E-state index in [1.807, 2.05) is 78.9 Å². The van der Waals surface area contributed by atoms with Crippen molar-refractivity contribution in [1.82, 2.24) is 10.2 Å². The molecule has 0 bridgehead atoms. The SMILES string of the molecule is C=CCO[C@@]12Oc3ccc(OC(=O)NCc4ccccc4)cc3[C@H]3[C@H](CCCCO)[C@@H](CCCCO)C=C(C(=NOCc4ccc([N+](=O)[O-])cc4)C[C@@H]1N(Cc1cccc4ccccc14)C(=O)OC)[C@H]32. The standard InChI is InChI=1S/C55H60N4O11/c1-3-30-67-55-50(58(54(63)66-2)35-41-19-13-18-39-16-7-8-20-44(39)41)33-48(57-68-36-38-22-24-42(25-23-38)59(64)65)46-31-40(17-9-11-28-60)45(21-10-12-29-61)51(52(46)55)47-32-43(26-27-49(47)70-55)69-53(62)56-34-37-14-5-4-6-15-37/h3-8,13-16,18-20,22-27,31-32,40,45,50-52,60-61H,1,9-12,17,21,28-30,33-36H2,2H3,(H,56,62)/t40-,45+,50-,51+,52+,55+/m0/s1. The van der Waals surface area contributed by atoms with Crippen LogP contribution in [0, 0.1) is 27.9 Å². The number of hydrogen-bond donors (Lipinski definition) is 3. The molecule has 1 fully saturated rings. The van der Waals surface area contributed by atoms with Gasteiger partial charge >= 0.3 is 12.2 Å². The number of non-ortho nitro benzene ring substituents is 1. The molecule has 15 nitrogen and oxygen atoms in total. The van der Waals surface area contributed by atoms with Crippen molar-refractivity contribution < 1.29 is 48.5 Å². The number of fused-ring (bicyclic) bond motifs is 3. The lowest BCUT2D eigenvalue weighted by atomic mass is 9.55. The molecular weight excluding hydrogens is 893 g/mol. The summed E-state index contributed by atoms with van der Waals surface area (Å²) in [6.07, 6.45) is 6.77. The Bertz CT molecular complexity index is 2690. The van der Waals surface area contributed by atoms with E-state index in [4.69, 9.17) is 28.9 Å². The summed E-state index contributed by atoms with van der Waals surface area (Å²) < 4.78 is 26.1. The average Bonchev–Trinajstić information content (AvgIpc) is 3.38. The molecule has 0 unspecified atom stereocenters. The molecule has 0 radical (unpaired) electrons. The minimum Gasteiger partial charge on any atom is -0.459 e. The molecular formula is C55H60N4O11. The first-order valence-corrected chi connectivity index (χ1v) is 23.9. The third-order valence-electron chi connectivity index (χ3n) is 13.7. The first-order valence-electron chi connectivity index (χ1n) is 23.9. The van der Waals surface area contributed by atoms with Crippen molar-refractivity contribution in [2.45, 2.75) is 82.4 Å². The number of aliphatic hydroxyl groups excluding tert-OH is 2. The zero-order chi connectivity index (χ0) is 49.0. The van der Waals surface area contributed by atoms with Gasteiger partial charge in [0, 0.05) is 49.8 Å². The van der Waals surface area contributed by atoms with Crippen LogP contribution in [0.5, 0.6) is 11.5 Å². The van der Waals surface area contributed by atoms with Crippen molar-refractivity contribution in [3.05, 3.63) is 172 Å². The monoisotopic (exact) mass is 952 g/mol. The number of aliphatic hydroxyl groups is 2. The second kappa shape index (κ2) is 23.0. The van der Waals surface area contributed by atoms with E-state index < -0.39 is 40.8 Å². The van der Waals surface area contributed by atoms with Gasteiger partial charge in [-0.25, -0.2) is 9.59 Å². The number of carbonyl (C=O) groups is 2. The molecule has 5 aromatic rings. The van der Waals surface area contributed by atoms with Gasteiger partial charge in [-0.15, -0.1) is 6.58 Å². The highest BCUT2D eigenvalue weighted by molar-refractivity contribution is 6.03. The molecule has 70 heavy (non-hydrogen) atoms. The van der Waals surface area contributed by atoms with Gasteiger partial charge in [0.1, 0.15) is 24.1 Å². The molecule has 5 aromatic carbocycles. The maximum absolute atomic E-state index is 14.6. The predicted octanol–water partition coefficient (Wildman–Crippen LogP) is 10.1. The lowest BCUT2D eigenvalue weighted by Gasteiger charge is -2.59. The average molecular weight is 953 g/mol. The Balaban J connectivity index is 1.30. The van der Waals surface area contributed by atoms with Gasteiger partial charge in [0.25, 0.3) is 5.69 Å². The van der Waals surface area contributed by atoms with Crippen molar-refractivity contribution in [1.29, 1.82) is 0 Å². The highest BCUT2D eigenvalue weighted by Gasteiger charge is 2.65. The number of hydrogen-bond acceptors (Lipinski definition) is 12. The number of nitro benzene ring substituents is 1. The second-order valence-corrected chi connectivity index (χ2v) is 17.9. The van der Waals surface area contributed by atoms with Crippen LogP contribution in [-0.2, 0) is 34.0 Å². The van der Waals surface area contributed by atoms with Gasteiger partial charge in [-0.1, -0.05) is 103 Å². The number of allylic oxidation sites excluding steroid dienone is 1. The summed E-state index contributed by atoms with van der Waals surface area (Å²) in [4.78, 5) is 46.8. The van der Waals surface area contributed by atoms with Crippen LogP contribution in [-0.4, -0.2) is 76.7 Å². The van der Waals surface area contributed by atoms with Crippen LogP contribution < -0.4 is 14.8 Å². The number of unbranched alkanes of at least 4 members (excludes halogenated alkanes) is 2. The molecule has 0 saturated heterocycles. The van der Waals surface area contributed by atoms with Crippen molar-refractivity contribution in [2.24, 2.45) is 22.9 Å². The van der Waals surface area contributed by atoms with E-state index in [1.54, 1.807) is 35.2 Å². The topological polar surface area (TPSA) is 192 Å². The number of benzene rings is 5. The fraction of sp³-hybridized carbons (Fsp3) is 0.364. The number of nitro groups is 1. The number of carbonyl (C=O) groups excluding carboxylic acids is 2. The molecule has 8 rings (SSSR count). The van der Waals surface area contributed by atoms with E-state index in [0.29, 0.717) is 48.5 Å². The van der Waals surface area contributed by atoms with Crippen molar-refractivity contribution >= 4 is 34.4 Å². The van der Waals surface area contributed by atoms with E-state index in [9.17, 15) is 29.9 Å². The van der Waals surface area contributed by atoms with Gasteiger partial charge in [-0.05, 0) is 101 Å². The smallest absolute Gasteiger partial charge is 0.412 e. The van der Waals surface area contributed by atoms with Crippen molar-refractivity contribution in [3.63, 3.8) is 0 Å². The Morgan fingerprint density at radius 1 is 0.929 bits per heavy atom. The quantitative estimate of drug-likeness (QED) is 0.0274. The zero-order valence-corrected chi connectivity index (χ0v) is 39.3. The summed E-state index contributed by atoms with van der Waals surface area (Å²) in [5.74, 6) is -2.02. The highest BCUT2D eigenvalue weighted by atomic mass is 16.7. The van der Waals surface area contributed by atoms with E-state index in [-0.39, 0.29) is 63.5 Å². The summed E-state index contributed by atoms with van der Waals surface area (Å²) in [5.41, 5.74) is 4.51. The highest BCUT2D eigenvalue weighted by Crippen LogP contribution is 2.62. The van der Waals surface area contributed by atoms with Gasteiger partial charge in [0.2, 0.25) is 5.79 Å². The largest absolute Gasteiger partial charge is 0.459 e. The van der Waals surface area contributed by atoms with E-state index in [2.05, 4.69) is 18.0 Å². The zero-order valence-electron chi connectivity index (χ0n) is 39.3. The maximum Gasteiger partial charge on any atom is 0.412 e. The van der Waals surface area contributed by atoms with Crippen LogP contribution in [0.2, 0.25) is 0 Å². The summed E-state index contributed by atoms with van der Waals surface area (Å²) in [5, 5.41) is 41.2. The number of ether oxygens (including phenoxy) is 4. The third-order valence-corrected chi connectivity index (χ3v) is 13.7. The summed E-state index contributed by atoms with van der Waals surface area (Å²) in [7, 11) is 1.35. The molecule has 0 spiro atoms. The van der Waals surface area contributed by atoms with Gasteiger partial charge in [-0.3, -0.25) is 15.0 Å². The Labute approximate surface area is 407 Å². The molecule has 1 saturated carbocycles. The van der Waals surface area contributed by atoms with E-state index in [1.165, 1.54) is 19.2 Å². The molecule has 0 aromatic heterocycles. The second-order valence-electron chi connectivity index (χ2n) is 17.9. The lowest BCUT2D eigenvalue weighted by molar-refractivity contribution is -0.384. The van der Waals surface area contributed by atoms with Crippen LogP contribution in [0.25, 0.3) is 10.8 Å². The Morgan fingerprint density at radius 2 is 1.67 bits per heavy atom. The van der Waals surface area contributed by atoms with Gasteiger partial charge < -0.3 is 39.3 Å². The fourth-order valence-electron chi connectivity index (χ4n) is 10.6. The first kappa shape index (κ1) is 49.4. The van der Waals surface area contributed by atoms with Gasteiger partial charge in [0.15, 0.2) is 0 Å². The number of amides is 2.